The number of hydrogen-bond acceptors (Lipinski definition) is 3. The number of nitrogens with zero attached hydrogens (tertiary/aromatic N) is 5. The van der Waals surface area contributed by atoms with Crippen molar-refractivity contribution >= 4 is 60.2 Å². The molecule has 10 rings (SSSR count). The van der Waals surface area contributed by atoms with E-state index in [1.807, 2.05) is 24.3 Å². The maximum Gasteiger partial charge on any atom is 0.235 e. The van der Waals surface area contributed by atoms with Crippen LogP contribution in [0.25, 0.3) is 88.6 Å². The van der Waals surface area contributed by atoms with E-state index in [4.69, 9.17) is 15.0 Å². The minimum atomic E-state index is -0.326. The highest BCUT2D eigenvalue weighted by molar-refractivity contribution is 6.30. The van der Waals surface area contributed by atoms with Gasteiger partial charge in [0.1, 0.15) is 17.3 Å². The molecule has 5 nitrogen and oxygen atoms in total. The average molecular weight is 624 g/mol. The number of rotatable bonds is 3. The van der Waals surface area contributed by atoms with Crippen LogP contribution in [0.15, 0.2) is 140 Å². The highest BCUT2D eigenvalue weighted by Gasteiger charge is 2.22. The van der Waals surface area contributed by atoms with Gasteiger partial charge >= 0.3 is 0 Å². The van der Waals surface area contributed by atoms with Gasteiger partial charge in [0.15, 0.2) is 0 Å². The van der Waals surface area contributed by atoms with Crippen LogP contribution in [0.3, 0.4) is 0 Å². The lowest BCUT2D eigenvalue weighted by Gasteiger charge is -2.13. The van der Waals surface area contributed by atoms with Gasteiger partial charge in [-0.3, -0.25) is 8.97 Å². The second-order valence-electron chi connectivity index (χ2n) is 12.0. The monoisotopic (exact) mass is 623 g/mol. The molecule has 0 saturated carbocycles. The van der Waals surface area contributed by atoms with E-state index in [0.29, 0.717) is 17.3 Å². The molecule has 48 heavy (non-hydrogen) atoms. The summed E-state index contributed by atoms with van der Waals surface area (Å²) in [6.45, 7) is 0. The van der Waals surface area contributed by atoms with Crippen LogP contribution in [0.5, 0.6) is 0 Å². The Morgan fingerprint density at radius 3 is 1.67 bits per heavy atom. The molecular formula is C41H23F2N5. The normalized spacial score (nSPS) is 12.0. The van der Waals surface area contributed by atoms with E-state index in [0.717, 1.165) is 71.3 Å². The Balaban J connectivity index is 1.35. The number of benzene rings is 6. The molecule has 0 aliphatic carbocycles. The zero-order valence-corrected chi connectivity index (χ0v) is 25.3. The lowest BCUT2D eigenvalue weighted by atomic mass is 10.00. The minimum Gasteiger partial charge on any atom is -0.292 e. The van der Waals surface area contributed by atoms with Gasteiger partial charge in [0, 0.05) is 38.1 Å². The Hall–Kier alpha value is -6.47. The molecule has 4 aromatic heterocycles. The summed E-state index contributed by atoms with van der Waals surface area (Å²) < 4.78 is 32.2. The van der Waals surface area contributed by atoms with Crippen LogP contribution in [0.4, 0.5) is 8.78 Å². The van der Waals surface area contributed by atoms with Gasteiger partial charge in [-0.2, -0.15) is 0 Å². The van der Waals surface area contributed by atoms with Crippen LogP contribution >= 0.6 is 0 Å². The van der Waals surface area contributed by atoms with Crippen molar-refractivity contribution in [2.24, 2.45) is 0 Å². The third-order valence-corrected chi connectivity index (χ3v) is 9.25. The summed E-state index contributed by atoms with van der Waals surface area (Å²) in [6, 6.07) is 43.6. The lowest BCUT2D eigenvalue weighted by molar-refractivity contribution is 0.627. The second kappa shape index (κ2) is 10.0. The quantitative estimate of drug-likeness (QED) is 0.184. The van der Waals surface area contributed by atoms with Crippen molar-refractivity contribution in [3.63, 3.8) is 0 Å². The third kappa shape index (κ3) is 3.85. The summed E-state index contributed by atoms with van der Waals surface area (Å²) >= 11 is 0. The van der Waals surface area contributed by atoms with Crippen molar-refractivity contribution in [2.75, 3.05) is 0 Å². The standard InChI is InChI=1S/C41H23F2N5/c42-26-17-13-24(14-18-26)32-23-33(25-15-19-27(43)20-16-25)46-41(45-32)48-35-11-5-2-8-29(35)39-37(48)22-21-30-38(39)28-7-1-4-10-34(28)47-36-12-6-3-9-31(36)44-40(30)47/h1-23H. The fourth-order valence-corrected chi connectivity index (χ4v) is 7.14. The molecular weight excluding hydrogens is 600 g/mol. The van der Waals surface area contributed by atoms with E-state index >= 15 is 0 Å². The molecule has 0 spiro atoms. The van der Waals surface area contributed by atoms with Crippen LogP contribution in [0.2, 0.25) is 0 Å². The summed E-state index contributed by atoms with van der Waals surface area (Å²) in [7, 11) is 0. The molecule has 0 radical (unpaired) electrons. The molecule has 226 valence electrons. The predicted molar refractivity (Wildman–Crippen MR) is 188 cm³/mol. The van der Waals surface area contributed by atoms with Crippen molar-refractivity contribution in [1.82, 2.24) is 23.9 Å². The van der Waals surface area contributed by atoms with Crippen molar-refractivity contribution in [3.05, 3.63) is 151 Å². The summed E-state index contributed by atoms with van der Waals surface area (Å²) in [4.78, 5) is 15.3. The van der Waals surface area contributed by atoms with Crippen LogP contribution in [-0.2, 0) is 0 Å². The molecule has 7 heteroatoms. The topological polar surface area (TPSA) is 48.0 Å². The number of halogens is 2. The molecule has 0 aliphatic heterocycles. The molecule has 4 heterocycles. The second-order valence-corrected chi connectivity index (χ2v) is 12.0. The first-order valence-electron chi connectivity index (χ1n) is 15.7. The summed E-state index contributed by atoms with van der Waals surface area (Å²) in [6.07, 6.45) is 0. The van der Waals surface area contributed by atoms with Gasteiger partial charge in [0.2, 0.25) is 5.95 Å². The first-order chi connectivity index (χ1) is 23.6. The molecule has 0 fully saturated rings. The Morgan fingerprint density at radius 1 is 0.438 bits per heavy atom. The molecule has 0 atom stereocenters. The fourth-order valence-electron chi connectivity index (χ4n) is 7.14. The molecule has 6 aromatic carbocycles. The van der Waals surface area contributed by atoms with Crippen molar-refractivity contribution in [1.29, 1.82) is 0 Å². The molecule has 0 N–H and O–H groups in total. The molecule has 0 aliphatic rings. The van der Waals surface area contributed by atoms with Crippen LogP contribution in [-0.4, -0.2) is 23.9 Å². The highest BCUT2D eigenvalue weighted by atomic mass is 19.1. The maximum atomic E-state index is 14.0. The van der Waals surface area contributed by atoms with Gasteiger partial charge in [0.05, 0.1) is 39.0 Å². The molecule has 0 unspecified atom stereocenters. The molecule has 0 amide bonds. The van der Waals surface area contributed by atoms with Gasteiger partial charge in [-0.25, -0.2) is 23.7 Å². The molecule has 10 aromatic rings. The predicted octanol–water partition coefficient (Wildman–Crippen LogP) is 10.3. The van der Waals surface area contributed by atoms with E-state index in [2.05, 4.69) is 75.7 Å². The van der Waals surface area contributed by atoms with E-state index in [1.54, 1.807) is 24.3 Å². The van der Waals surface area contributed by atoms with Gasteiger partial charge in [-0.15, -0.1) is 0 Å². The van der Waals surface area contributed by atoms with Crippen molar-refractivity contribution < 1.29 is 8.78 Å². The summed E-state index contributed by atoms with van der Waals surface area (Å²) in [5, 5.41) is 5.41. The average Bonchev–Trinajstić information content (AvgIpc) is 3.69. The van der Waals surface area contributed by atoms with Gasteiger partial charge in [-0.05, 0) is 91.0 Å². The number of aromatic nitrogens is 5. The first-order valence-corrected chi connectivity index (χ1v) is 15.7. The van der Waals surface area contributed by atoms with Crippen LogP contribution in [0.1, 0.15) is 0 Å². The van der Waals surface area contributed by atoms with E-state index < -0.39 is 0 Å². The zero-order valence-electron chi connectivity index (χ0n) is 25.3. The summed E-state index contributed by atoms with van der Waals surface area (Å²) in [5.74, 6) is -0.195. The minimum absolute atomic E-state index is 0.326. The Labute approximate surface area is 272 Å². The first kappa shape index (κ1) is 26.7. The zero-order chi connectivity index (χ0) is 31.9. The Kier molecular flexibility index (Phi) is 5.57. The number of pyridine rings is 1. The van der Waals surface area contributed by atoms with E-state index in [1.165, 1.54) is 24.3 Å². The molecule has 0 bridgehead atoms. The van der Waals surface area contributed by atoms with E-state index in [9.17, 15) is 8.78 Å². The number of hydrogen-bond donors (Lipinski definition) is 0. The van der Waals surface area contributed by atoms with Crippen LogP contribution < -0.4 is 0 Å². The van der Waals surface area contributed by atoms with E-state index in [-0.39, 0.29) is 11.6 Å². The number of para-hydroxylation sites is 4. The van der Waals surface area contributed by atoms with Crippen molar-refractivity contribution in [3.8, 4) is 28.5 Å². The Bertz CT molecular complexity index is 2840. The van der Waals surface area contributed by atoms with Gasteiger partial charge in [0.25, 0.3) is 0 Å². The SMILES string of the molecule is Fc1ccc(-c2cc(-c3ccc(F)cc3)nc(-n3c4ccccc4c4c5c6ccccc6n6c7ccccc7nc6c5ccc43)n2)cc1. The fraction of sp³-hybridized carbons (Fsp3) is 0. The van der Waals surface area contributed by atoms with Gasteiger partial charge in [-0.1, -0.05) is 48.5 Å². The molecule has 0 saturated heterocycles. The smallest absolute Gasteiger partial charge is 0.235 e. The Morgan fingerprint density at radius 2 is 1.00 bits per heavy atom. The van der Waals surface area contributed by atoms with Crippen LogP contribution in [0, 0.1) is 11.6 Å². The highest BCUT2D eigenvalue weighted by Crippen LogP contribution is 2.42. The lowest BCUT2D eigenvalue weighted by Crippen LogP contribution is -2.04. The summed E-state index contributed by atoms with van der Waals surface area (Å²) in [5.41, 5.74) is 8.61. The third-order valence-electron chi connectivity index (χ3n) is 9.25. The van der Waals surface area contributed by atoms with Crippen molar-refractivity contribution in [2.45, 2.75) is 0 Å². The largest absolute Gasteiger partial charge is 0.292 e. The maximum absolute atomic E-state index is 14.0. The number of fused-ring (bicyclic) bond motifs is 12. The number of imidazole rings is 1. The van der Waals surface area contributed by atoms with Gasteiger partial charge < -0.3 is 0 Å².